The lowest BCUT2D eigenvalue weighted by Gasteiger charge is -2.07. The van der Waals surface area contributed by atoms with Gasteiger partial charge in [-0.3, -0.25) is 0 Å². The van der Waals surface area contributed by atoms with Crippen LogP contribution in [0.5, 0.6) is 0 Å². The molecule has 3 N–H and O–H groups in total. The first-order valence-electron chi connectivity index (χ1n) is 5.10. The van der Waals surface area contributed by atoms with Crippen LogP contribution in [0.15, 0.2) is 12.4 Å². The third-order valence-corrected chi connectivity index (χ3v) is 1.81. The molecule has 0 radical (unpaired) electrons. The third kappa shape index (κ3) is 5.29. The summed E-state index contributed by atoms with van der Waals surface area (Å²) < 4.78 is 0. The van der Waals surface area contributed by atoms with Crippen molar-refractivity contribution >= 4 is 5.95 Å². The summed E-state index contributed by atoms with van der Waals surface area (Å²) in [6.45, 7) is 5.84. The zero-order valence-corrected chi connectivity index (χ0v) is 9.20. The molecule has 5 nitrogen and oxygen atoms in total. The molecule has 1 aromatic heterocycles. The van der Waals surface area contributed by atoms with Crippen molar-refractivity contribution in [1.82, 2.24) is 15.3 Å². The van der Waals surface area contributed by atoms with Crippen molar-refractivity contribution in [1.29, 1.82) is 0 Å². The van der Waals surface area contributed by atoms with E-state index in [0.29, 0.717) is 12.5 Å². The number of hydrogen-bond acceptors (Lipinski definition) is 5. The molecule has 0 aliphatic rings. The van der Waals surface area contributed by atoms with Crippen molar-refractivity contribution in [2.24, 2.45) is 0 Å². The highest BCUT2D eigenvalue weighted by atomic mass is 16.3. The van der Waals surface area contributed by atoms with Crippen LogP contribution in [-0.4, -0.2) is 40.8 Å². The Balaban J connectivity index is 2.12. The Bertz CT molecular complexity index is 273. The van der Waals surface area contributed by atoms with Crippen LogP contribution in [-0.2, 0) is 0 Å². The number of hydrogen-bond donors (Lipinski definition) is 3. The van der Waals surface area contributed by atoms with Crippen molar-refractivity contribution in [3.63, 3.8) is 0 Å². The molecule has 0 fully saturated rings. The van der Waals surface area contributed by atoms with Gasteiger partial charge in [0.05, 0.1) is 6.10 Å². The Morgan fingerprint density at radius 1 is 1.33 bits per heavy atom. The summed E-state index contributed by atoms with van der Waals surface area (Å²) in [7, 11) is 0. The van der Waals surface area contributed by atoms with Gasteiger partial charge in [0, 0.05) is 32.0 Å². The Labute approximate surface area is 90.0 Å². The number of nitrogens with zero attached hydrogens (tertiary/aromatic N) is 2. The van der Waals surface area contributed by atoms with Crippen LogP contribution in [0.2, 0.25) is 0 Å². The molecule has 15 heavy (non-hydrogen) atoms. The van der Waals surface area contributed by atoms with Crippen molar-refractivity contribution in [2.75, 3.05) is 25.0 Å². The average Bonchev–Trinajstić information content (AvgIpc) is 2.20. The minimum absolute atomic E-state index is 0.305. The molecule has 1 atom stereocenters. The summed E-state index contributed by atoms with van der Waals surface area (Å²) in [5.74, 6) is 0.638. The lowest BCUT2D eigenvalue weighted by atomic mass is 10.4. The van der Waals surface area contributed by atoms with E-state index in [1.807, 2.05) is 6.92 Å². The zero-order valence-electron chi connectivity index (χ0n) is 9.20. The fourth-order valence-electron chi connectivity index (χ4n) is 1.06. The van der Waals surface area contributed by atoms with Crippen LogP contribution in [0.25, 0.3) is 0 Å². The van der Waals surface area contributed by atoms with Crippen molar-refractivity contribution in [3.05, 3.63) is 18.0 Å². The molecule has 0 saturated heterocycles. The number of aromatic nitrogens is 2. The highest BCUT2D eigenvalue weighted by molar-refractivity contribution is 5.23. The van der Waals surface area contributed by atoms with Gasteiger partial charge in [-0.25, -0.2) is 9.97 Å². The highest BCUT2D eigenvalue weighted by Gasteiger charge is 1.95. The molecule has 0 amide bonds. The summed E-state index contributed by atoms with van der Waals surface area (Å²) >= 11 is 0. The molecule has 1 unspecified atom stereocenters. The third-order valence-electron chi connectivity index (χ3n) is 1.81. The van der Waals surface area contributed by atoms with E-state index in [4.69, 9.17) is 5.11 Å². The molecular formula is C10H18N4O. The predicted octanol–water partition coefficient (Wildman–Crippen LogP) is 0.167. The van der Waals surface area contributed by atoms with Crippen LogP contribution in [0.1, 0.15) is 12.5 Å². The van der Waals surface area contributed by atoms with Gasteiger partial charge in [-0.05, 0) is 19.4 Å². The molecule has 1 rings (SSSR count). The normalized spacial score (nSPS) is 12.5. The number of nitrogens with one attached hydrogen (secondary N) is 2. The van der Waals surface area contributed by atoms with E-state index in [2.05, 4.69) is 20.6 Å². The topological polar surface area (TPSA) is 70.1 Å². The number of aryl methyl sites for hydroxylation is 1. The Kier molecular flexibility index (Phi) is 5.00. The Morgan fingerprint density at radius 3 is 2.60 bits per heavy atom. The molecule has 0 aromatic carbocycles. The first-order chi connectivity index (χ1) is 7.18. The van der Waals surface area contributed by atoms with Gasteiger partial charge in [-0.15, -0.1) is 0 Å². The van der Waals surface area contributed by atoms with E-state index < -0.39 is 0 Å². The maximum absolute atomic E-state index is 8.99. The molecule has 1 heterocycles. The first-order valence-corrected chi connectivity index (χ1v) is 5.10. The van der Waals surface area contributed by atoms with Crippen LogP contribution < -0.4 is 10.6 Å². The number of rotatable bonds is 6. The van der Waals surface area contributed by atoms with E-state index in [-0.39, 0.29) is 6.10 Å². The monoisotopic (exact) mass is 210 g/mol. The van der Waals surface area contributed by atoms with E-state index >= 15 is 0 Å². The van der Waals surface area contributed by atoms with Gasteiger partial charge in [0.2, 0.25) is 5.95 Å². The quantitative estimate of drug-likeness (QED) is 0.584. The van der Waals surface area contributed by atoms with Crippen molar-refractivity contribution in [2.45, 2.75) is 20.0 Å². The molecule has 0 aliphatic heterocycles. The maximum atomic E-state index is 8.99. The molecule has 84 valence electrons. The summed E-state index contributed by atoms with van der Waals surface area (Å²) in [4.78, 5) is 8.22. The van der Waals surface area contributed by atoms with Gasteiger partial charge in [-0.1, -0.05) is 0 Å². The van der Waals surface area contributed by atoms with Gasteiger partial charge in [-0.2, -0.15) is 0 Å². The fourth-order valence-corrected chi connectivity index (χ4v) is 1.06. The summed E-state index contributed by atoms with van der Waals surface area (Å²) in [5.41, 5.74) is 1.05. The predicted molar refractivity (Wildman–Crippen MR) is 59.8 cm³/mol. The molecule has 0 bridgehead atoms. The number of anilines is 1. The summed E-state index contributed by atoms with van der Waals surface area (Å²) in [6.07, 6.45) is 3.25. The van der Waals surface area contributed by atoms with Crippen LogP contribution in [0.4, 0.5) is 5.95 Å². The molecular weight excluding hydrogens is 192 g/mol. The molecule has 0 aliphatic carbocycles. The second kappa shape index (κ2) is 6.31. The van der Waals surface area contributed by atoms with Gasteiger partial charge in [0.15, 0.2) is 0 Å². The molecule has 1 aromatic rings. The highest BCUT2D eigenvalue weighted by Crippen LogP contribution is 1.96. The average molecular weight is 210 g/mol. The second-order valence-electron chi connectivity index (χ2n) is 3.56. The Morgan fingerprint density at radius 2 is 2.00 bits per heavy atom. The minimum atomic E-state index is -0.305. The lowest BCUT2D eigenvalue weighted by Crippen LogP contribution is -2.29. The van der Waals surface area contributed by atoms with Crippen molar-refractivity contribution in [3.8, 4) is 0 Å². The second-order valence-corrected chi connectivity index (χ2v) is 3.56. The van der Waals surface area contributed by atoms with E-state index in [0.717, 1.165) is 18.7 Å². The van der Waals surface area contributed by atoms with Crippen molar-refractivity contribution < 1.29 is 5.11 Å². The molecule has 5 heteroatoms. The van der Waals surface area contributed by atoms with Gasteiger partial charge < -0.3 is 15.7 Å². The molecule has 0 spiro atoms. The van der Waals surface area contributed by atoms with Gasteiger partial charge in [0.25, 0.3) is 0 Å². The number of aliphatic hydroxyl groups excluding tert-OH is 1. The summed E-state index contributed by atoms with van der Waals surface area (Å²) in [5, 5.41) is 15.2. The zero-order chi connectivity index (χ0) is 11.1. The van der Waals surface area contributed by atoms with E-state index in [1.54, 1.807) is 19.3 Å². The van der Waals surface area contributed by atoms with Crippen LogP contribution in [0.3, 0.4) is 0 Å². The summed E-state index contributed by atoms with van der Waals surface area (Å²) in [6, 6.07) is 0. The standard InChI is InChI=1S/C10H18N4O/c1-8-5-13-10(14-6-8)12-4-3-11-7-9(2)15/h5-6,9,11,15H,3-4,7H2,1-2H3,(H,12,13,14). The lowest BCUT2D eigenvalue weighted by molar-refractivity contribution is 0.192. The largest absolute Gasteiger partial charge is 0.392 e. The Hall–Kier alpha value is -1.20. The SMILES string of the molecule is Cc1cnc(NCCNCC(C)O)nc1. The van der Waals surface area contributed by atoms with Crippen LogP contribution >= 0.6 is 0 Å². The van der Waals surface area contributed by atoms with Gasteiger partial charge >= 0.3 is 0 Å². The fraction of sp³-hybridized carbons (Fsp3) is 0.600. The van der Waals surface area contributed by atoms with E-state index in [1.165, 1.54) is 0 Å². The van der Waals surface area contributed by atoms with Gasteiger partial charge in [0.1, 0.15) is 0 Å². The first kappa shape index (κ1) is 11.9. The maximum Gasteiger partial charge on any atom is 0.222 e. The minimum Gasteiger partial charge on any atom is -0.392 e. The smallest absolute Gasteiger partial charge is 0.222 e. The number of aliphatic hydroxyl groups is 1. The van der Waals surface area contributed by atoms with Crippen LogP contribution in [0, 0.1) is 6.92 Å². The molecule has 0 saturated carbocycles. The van der Waals surface area contributed by atoms with E-state index in [9.17, 15) is 0 Å².